The molecule has 10 heteroatoms. The number of hydrogen-bond donors (Lipinski definition) is 5. The van der Waals surface area contributed by atoms with E-state index in [1.807, 2.05) is 0 Å². The van der Waals surface area contributed by atoms with E-state index < -0.39 is 18.0 Å². The molecule has 24 heavy (non-hydrogen) atoms. The number of aliphatic hydroxyl groups excluding tert-OH is 1. The van der Waals surface area contributed by atoms with Crippen LogP contribution in [-0.4, -0.2) is 85.8 Å². The highest BCUT2D eigenvalue weighted by Gasteiger charge is 2.59. The largest absolute Gasteiger partial charge is 0.394 e. The Labute approximate surface area is 140 Å². The third-order valence-corrected chi connectivity index (χ3v) is 4.18. The van der Waals surface area contributed by atoms with E-state index in [1.165, 1.54) is 4.90 Å². The topological polar surface area (TPSA) is 152 Å². The maximum Gasteiger partial charge on any atom is 0.264 e. The Kier molecular flexibility index (Phi) is 6.90. The predicted octanol–water partition coefficient (Wildman–Crippen LogP) is -3.34. The number of nitrogens with zero attached hydrogens (tertiary/aromatic N) is 1. The first-order valence-corrected chi connectivity index (χ1v) is 8.17. The number of carbonyl (C=O) groups is 2. The normalized spacial score (nSPS) is 29.5. The number of nitrogens with one attached hydrogen (secondary N) is 2. The minimum atomic E-state index is -0.984. The average Bonchev–Trinajstić information content (AvgIpc) is 3.12. The number of fused-ring (bicyclic) bond motifs is 1. The predicted molar refractivity (Wildman–Crippen MR) is 84.5 cm³/mol. The number of hydrogen-bond acceptors (Lipinski definition) is 8. The molecule has 0 bridgehead atoms. The van der Waals surface area contributed by atoms with Gasteiger partial charge in [-0.2, -0.15) is 0 Å². The summed E-state index contributed by atoms with van der Waals surface area (Å²) in [5, 5.41) is 15.2. The Hall–Kier alpha value is -1.30. The molecule has 2 fully saturated rings. The molecule has 2 saturated heterocycles. The monoisotopic (exact) mass is 345 g/mol. The van der Waals surface area contributed by atoms with Crippen LogP contribution >= 0.6 is 0 Å². The summed E-state index contributed by atoms with van der Waals surface area (Å²) in [5.41, 5.74) is 9.93. The number of rotatable bonds is 9. The van der Waals surface area contributed by atoms with Crippen LogP contribution in [0.2, 0.25) is 0 Å². The zero-order chi connectivity index (χ0) is 17.6. The van der Waals surface area contributed by atoms with Gasteiger partial charge in [-0.15, -0.1) is 0 Å². The van der Waals surface area contributed by atoms with Crippen LogP contribution < -0.4 is 22.1 Å². The van der Waals surface area contributed by atoms with Crippen molar-refractivity contribution in [3.63, 3.8) is 0 Å². The Morgan fingerprint density at radius 1 is 1.04 bits per heavy atom. The van der Waals surface area contributed by atoms with E-state index >= 15 is 0 Å². The van der Waals surface area contributed by atoms with Gasteiger partial charge in [-0.05, 0) is 25.9 Å². The molecule has 2 aliphatic heterocycles. The molecule has 2 heterocycles. The average molecular weight is 345 g/mol. The van der Waals surface area contributed by atoms with Gasteiger partial charge in [-0.3, -0.25) is 9.59 Å². The molecule has 138 valence electrons. The van der Waals surface area contributed by atoms with Crippen LogP contribution in [-0.2, 0) is 19.1 Å². The van der Waals surface area contributed by atoms with Crippen molar-refractivity contribution < 1.29 is 24.2 Å². The van der Waals surface area contributed by atoms with Crippen molar-refractivity contribution in [2.45, 2.75) is 30.8 Å². The van der Waals surface area contributed by atoms with Crippen LogP contribution in [0.4, 0.5) is 0 Å². The number of ether oxygens (including phenoxy) is 2. The Morgan fingerprint density at radius 3 is 1.88 bits per heavy atom. The molecule has 7 N–H and O–H groups in total. The van der Waals surface area contributed by atoms with E-state index in [0.717, 1.165) is 0 Å². The summed E-state index contributed by atoms with van der Waals surface area (Å²) >= 11 is 0. The van der Waals surface area contributed by atoms with E-state index in [-0.39, 0.29) is 31.6 Å². The third-order valence-electron chi connectivity index (χ3n) is 4.18. The second-order valence-electron chi connectivity index (χ2n) is 5.98. The van der Waals surface area contributed by atoms with Crippen LogP contribution in [0.5, 0.6) is 0 Å². The summed E-state index contributed by atoms with van der Waals surface area (Å²) in [5.74, 6) is -0.743. The van der Waals surface area contributed by atoms with Crippen molar-refractivity contribution in [2.75, 3.05) is 46.0 Å². The lowest BCUT2D eigenvalue weighted by Crippen LogP contribution is -2.58. The molecule has 2 amide bonds. The lowest BCUT2D eigenvalue weighted by Gasteiger charge is -2.31. The second-order valence-corrected chi connectivity index (χ2v) is 5.98. The van der Waals surface area contributed by atoms with Gasteiger partial charge < -0.3 is 36.7 Å². The standard InChI is InChI=1S/C14H27N5O5/c15-3-1-5-17-10(21)12-19-13(11(22)18-6-2-4-16)24-9-14(19,7-20)8-23-12/h12-13,20H,1-9,15-16H2,(H,17,21)(H,18,22). The minimum absolute atomic E-state index is 0.116. The van der Waals surface area contributed by atoms with Gasteiger partial charge in [-0.1, -0.05) is 0 Å². The van der Waals surface area contributed by atoms with Crippen molar-refractivity contribution in [2.24, 2.45) is 11.5 Å². The zero-order valence-electron chi connectivity index (χ0n) is 13.7. The molecule has 2 rings (SSSR count). The highest BCUT2D eigenvalue weighted by Crippen LogP contribution is 2.36. The molecule has 0 spiro atoms. The molecular weight excluding hydrogens is 318 g/mol. The van der Waals surface area contributed by atoms with Crippen molar-refractivity contribution in [3.05, 3.63) is 0 Å². The highest BCUT2D eigenvalue weighted by molar-refractivity contribution is 5.84. The Bertz CT molecular complexity index is 415. The molecule has 2 atom stereocenters. The SMILES string of the molecule is NCCCNC(=O)C1OCC2(CO)COC(C(=O)NCCCN)N12. The fraction of sp³-hybridized carbons (Fsp3) is 0.857. The van der Waals surface area contributed by atoms with Gasteiger partial charge in [0, 0.05) is 13.1 Å². The summed E-state index contributed by atoms with van der Waals surface area (Å²) in [6.45, 7) is 1.73. The summed E-state index contributed by atoms with van der Waals surface area (Å²) in [6, 6.07) is 0. The number of carbonyl (C=O) groups excluding carboxylic acids is 2. The zero-order valence-corrected chi connectivity index (χ0v) is 13.7. The van der Waals surface area contributed by atoms with Crippen molar-refractivity contribution in [3.8, 4) is 0 Å². The van der Waals surface area contributed by atoms with Crippen molar-refractivity contribution >= 4 is 11.8 Å². The lowest BCUT2D eigenvalue weighted by molar-refractivity contribution is -0.152. The number of amides is 2. The summed E-state index contributed by atoms with van der Waals surface area (Å²) in [7, 11) is 0. The molecule has 2 unspecified atom stereocenters. The Balaban J connectivity index is 2.05. The van der Waals surface area contributed by atoms with Crippen LogP contribution in [0.25, 0.3) is 0 Å². The molecule has 10 nitrogen and oxygen atoms in total. The van der Waals surface area contributed by atoms with Crippen LogP contribution in [0.1, 0.15) is 12.8 Å². The first-order chi connectivity index (χ1) is 11.6. The van der Waals surface area contributed by atoms with Crippen LogP contribution in [0.15, 0.2) is 0 Å². The van der Waals surface area contributed by atoms with Gasteiger partial charge in [0.1, 0.15) is 0 Å². The first-order valence-electron chi connectivity index (χ1n) is 8.17. The fourth-order valence-electron chi connectivity index (χ4n) is 2.82. The Morgan fingerprint density at radius 2 is 1.50 bits per heavy atom. The molecule has 0 aromatic heterocycles. The molecule has 0 aromatic carbocycles. The molecular formula is C14H27N5O5. The molecule has 0 radical (unpaired) electrons. The number of nitrogens with two attached hydrogens (primary N) is 2. The van der Waals surface area contributed by atoms with E-state index in [0.29, 0.717) is 39.0 Å². The van der Waals surface area contributed by atoms with E-state index in [4.69, 9.17) is 20.9 Å². The van der Waals surface area contributed by atoms with Gasteiger partial charge in [0.15, 0.2) is 12.5 Å². The third kappa shape index (κ3) is 3.85. The maximum absolute atomic E-state index is 12.3. The smallest absolute Gasteiger partial charge is 0.264 e. The highest BCUT2D eigenvalue weighted by atomic mass is 16.6. The maximum atomic E-state index is 12.3. The molecule has 0 aromatic rings. The fourth-order valence-corrected chi connectivity index (χ4v) is 2.82. The van der Waals surface area contributed by atoms with Gasteiger partial charge in [0.25, 0.3) is 11.8 Å². The van der Waals surface area contributed by atoms with E-state index in [1.54, 1.807) is 0 Å². The summed E-state index contributed by atoms with van der Waals surface area (Å²) in [4.78, 5) is 26.2. The summed E-state index contributed by atoms with van der Waals surface area (Å²) < 4.78 is 11.1. The van der Waals surface area contributed by atoms with Gasteiger partial charge in [-0.25, -0.2) is 4.90 Å². The lowest BCUT2D eigenvalue weighted by atomic mass is 10.0. The van der Waals surface area contributed by atoms with Crippen LogP contribution in [0, 0.1) is 0 Å². The van der Waals surface area contributed by atoms with Crippen LogP contribution in [0.3, 0.4) is 0 Å². The van der Waals surface area contributed by atoms with Gasteiger partial charge >= 0.3 is 0 Å². The molecule has 0 aliphatic carbocycles. The first kappa shape index (κ1) is 19.0. The quantitative estimate of drug-likeness (QED) is 0.272. The molecule has 2 aliphatic rings. The van der Waals surface area contributed by atoms with E-state index in [9.17, 15) is 14.7 Å². The second kappa shape index (κ2) is 8.70. The van der Waals surface area contributed by atoms with Gasteiger partial charge in [0.2, 0.25) is 0 Å². The van der Waals surface area contributed by atoms with E-state index in [2.05, 4.69) is 10.6 Å². The van der Waals surface area contributed by atoms with Crippen molar-refractivity contribution in [1.29, 1.82) is 0 Å². The van der Waals surface area contributed by atoms with Crippen molar-refractivity contribution in [1.82, 2.24) is 15.5 Å². The van der Waals surface area contributed by atoms with Gasteiger partial charge in [0.05, 0.1) is 25.4 Å². The molecule has 0 saturated carbocycles. The number of aliphatic hydroxyl groups is 1. The minimum Gasteiger partial charge on any atom is -0.394 e. The summed E-state index contributed by atoms with van der Waals surface area (Å²) in [6.07, 6.45) is -0.683.